The summed E-state index contributed by atoms with van der Waals surface area (Å²) in [5, 5.41) is 31.3. The number of anilines is 1. The van der Waals surface area contributed by atoms with Gasteiger partial charge in [-0.1, -0.05) is 13.8 Å². The molecule has 5 N–H and O–H groups in total. The molecule has 3 amide bonds. The van der Waals surface area contributed by atoms with Gasteiger partial charge in [-0.15, -0.1) is 10.2 Å². The zero-order valence-corrected chi connectivity index (χ0v) is 17.6. The fraction of sp³-hybridized carbons (Fsp3) is 0.238. The van der Waals surface area contributed by atoms with Gasteiger partial charge >= 0.3 is 6.03 Å². The predicted octanol–water partition coefficient (Wildman–Crippen LogP) is 2.66. The number of aromatic hydroxyl groups is 2. The number of nitrogens with one attached hydrogen (secondary N) is 1. The first-order valence-electron chi connectivity index (χ1n) is 9.50. The Morgan fingerprint density at radius 3 is 2.26 bits per heavy atom. The summed E-state index contributed by atoms with van der Waals surface area (Å²) < 4.78 is 1.41. The Balaban J connectivity index is 2.12. The normalized spacial score (nSPS) is 10.9. The van der Waals surface area contributed by atoms with Crippen molar-refractivity contribution in [2.75, 3.05) is 19.4 Å². The largest absolute Gasteiger partial charge is 0.508 e. The van der Waals surface area contributed by atoms with Crippen LogP contribution in [0.5, 0.6) is 11.5 Å². The lowest BCUT2D eigenvalue weighted by molar-refractivity contribution is 0.0988. The number of amides is 3. The molecule has 0 atom stereocenters. The molecule has 162 valence electrons. The maximum absolute atomic E-state index is 12.0. The number of phenolic OH excluding ortho intramolecular Hbond substituents is 2. The van der Waals surface area contributed by atoms with Gasteiger partial charge in [-0.25, -0.2) is 4.79 Å². The van der Waals surface area contributed by atoms with Crippen molar-refractivity contribution in [2.45, 2.75) is 19.8 Å². The van der Waals surface area contributed by atoms with Gasteiger partial charge in [0.15, 0.2) is 5.82 Å². The van der Waals surface area contributed by atoms with E-state index in [0.29, 0.717) is 16.9 Å². The maximum Gasteiger partial charge on any atom is 0.321 e. The van der Waals surface area contributed by atoms with Crippen LogP contribution in [0.4, 0.5) is 10.5 Å². The van der Waals surface area contributed by atoms with E-state index in [2.05, 4.69) is 15.5 Å². The van der Waals surface area contributed by atoms with Crippen LogP contribution < -0.4 is 11.1 Å². The molecule has 1 heterocycles. The van der Waals surface area contributed by atoms with Crippen LogP contribution in [0.25, 0.3) is 17.1 Å². The second-order valence-corrected chi connectivity index (χ2v) is 7.50. The first-order chi connectivity index (χ1) is 14.6. The highest BCUT2D eigenvalue weighted by Gasteiger charge is 2.23. The number of urea groups is 1. The van der Waals surface area contributed by atoms with Crippen LogP contribution in [-0.2, 0) is 0 Å². The molecule has 0 bridgehead atoms. The van der Waals surface area contributed by atoms with Crippen LogP contribution >= 0.6 is 0 Å². The number of hydrogen-bond donors (Lipinski definition) is 4. The SMILES string of the molecule is CC(C)c1cc(-c2nnc(C(N)=O)n2-c2ccc(NC(=O)N(C)C)cc2)c(O)cc1O. The van der Waals surface area contributed by atoms with E-state index in [1.165, 1.54) is 15.5 Å². The standard InChI is InChI=1S/C21H24N6O4/c1-11(2)14-9-15(17(29)10-16(14)28)19-24-25-20(18(22)30)27(19)13-7-5-12(6-8-13)23-21(31)26(3)4/h5-11,28-29H,1-4H3,(H2,22,30)(H,23,31). The summed E-state index contributed by atoms with van der Waals surface area (Å²) >= 11 is 0. The van der Waals surface area contributed by atoms with Crippen molar-refractivity contribution < 1.29 is 19.8 Å². The average molecular weight is 424 g/mol. The molecule has 0 saturated heterocycles. The first kappa shape index (κ1) is 21.6. The summed E-state index contributed by atoms with van der Waals surface area (Å²) in [6.07, 6.45) is 0. The molecule has 0 spiro atoms. The molecule has 10 nitrogen and oxygen atoms in total. The quantitative estimate of drug-likeness (QED) is 0.495. The molecule has 10 heteroatoms. The van der Waals surface area contributed by atoms with Crippen LogP contribution in [0, 0.1) is 0 Å². The maximum atomic E-state index is 12.0. The molecule has 3 rings (SSSR count). The highest BCUT2D eigenvalue weighted by Crippen LogP contribution is 2.38. The Bertz CT molecular complexity index is 1140. The number of rotatable bonds is 5. The van der Waals surface area contributed by atoms with Crippen LogP contribution in [-0.4, -0.2) is 55.9 Å². The molecule has 0 unspecified atom stereocenters. The van der Waals surface area contributed by atoms with Crippen LogP contribution in [0.2, 0.25) is 0 Å². The monoisotopic (exact) mass is 424 g/mol. The lowest BCUT2D eigenvalue weighted by atomic mass is 9.98. The molecular formula is C21H24N6O4. The predicted molar refractivity (Wildman–Crippen MR) is 115 cm³/mol. The highest BCUT2D eigenvalue weighted by atomic mass is 16.3. The fourth-order valence-electron chi connectivity index (χ4n) is 3.03. The zero-order chi connectivity index (χ0) is 22.9. The number of nitrogens with two attached hydrogens (primary N) is 1. The molecule has 3 aromatic rings. The Morgan fingerprint density at radius 1 is 1.06 bits per heavy atom. The van der Waals surface area contributed by atoms with Crippen LogP contribution in [0.15, 0.2) is 36.4 Å². The Hall–Kier alpha value is -4.08. The lowest BCUT2D eigenvalue weighted by Gasteiger charge is -2.15. The van der Waals surface area contributed by atoms with E-state index in [9.17, 15) is 19.8 Å². The van der Waals surface area contributed by atoms with E-state index in [4.69, 9.17) is 5.73 Å². The molecule has 0 aliphatic carbocycles. The topological polar surface area (TPSA) is 147 Å². The summed E-state index contributed by atoms with van der Waals surface area (Å²) in [6.45, 7) is 3.80. The van der Waals surface area contributed by atoms with E-state index >= 15 is 0 Å². The molecule has 2 aromatic carbocycles. The van der Waals surface area contributed by atoms with Gasteiger partial charge in [0.2, 0.25) is 5.82 Å². The molecule has 1 aromatic heterocycles. The molecule has 31 heavy (non-hydrogen) atoms. The van der Waals surface area contributed by atoms with E-state index in [1.807, 2.05) is 13.8 Å². The summed E-state index contributed by atoms with van der Waals surface area (Å²) in [4.78, 5) is 25.2. The van der Waals surface area contributed by atoms with E-state index < -0.39 is 5.91 Å². The second kappa shape index (κ2) is 8.34. The summed E-state index contributed by atoms with van der Waals surface area (Å²) in [7, 11) is 3.25. The van der Waals surface area contributed by atoms with Gasteiger partial charge in [0.1, 0.15) is 11.5 Å². The number of carbonyl (C=O) groups is 2. The Labute approximate surface area is 178 Å². The van der Waals surface area contributed by atoms with Gasteiger partial charge < -0.3 is 26.2 Å². The van der Waals surface area contributed by atoms with Gasteiger partial charge in [0.05, 0.1) is 5.56 Å². The second-order valence-electron chi connectivity index (χ2n) is 7.50. The van der Waals surface area contributed by atoms with Gasteiger partial charge in [-0.2, -0.15) is 0 Å². The van der Waals surface area contributed by atoms with E-state index in [0.717, 1.165) is 0 Å². The van der Waals surface area contributed by atoms with Gasteiger partial charge in [0.25, 0.3) is 5.91 Å². The van der Waals surface area contributed by atoms with Crippen molar-refractivity contribution in [3.63, 3.8) is 0 Å². The number of nitrogens with zero attached hydrogens (tertiary/aromatic N) is 4. The molecule has 0 fully saturated rings. The van der Waals surface area contributed by atoms with E-state index in [1.54, 1.807) is 44.4 Å². The third kappa shape index (κ3) is 4.27. The summed E-state index contributed by atoms with van der Waals surface area (Å²) in [5.74, 6) is -1.03. The molecule has 0 aliphatic rings. The number of benzene rings is 2. The Morgan fingerprint density at radius 2 is 1.71 bits per heavy atom. The van der Waals surface area contributed by atoms with Gasteiger partial charge in [-0.05, 0) is 41.8 Å². The molecule has 0 aliphatic heterocycles. The molecule has 0 radical (unpaired) electrons. The number of carbonyl (C=O) groups excluding carboxylic acids is 2. The number of aromatic nitrogens is 3. The van der Waals surface area contributed by atoms with Crippen LogP contribution in [0.1, 0.15) is 35.9 Å². The summed E-state index contributed by atoms with van der Waals surface area (Å²) in [5.41, 5.74) is 7.41. The van der Waals surface area contributed by atoms with Crippen molar-refractivity contribution >= 4 is 17.6 Å². The lowest BCUT2D eigenvalue weighted by Crippen LogP contribution is -2.27. The minimum atomic E-state index is -0.800. The third-order valence-electron chi connectivity index (χ3n) is 4.67. The summed E-state index contributed by atoms with van der Waals surface area (Å²) in [6, 6.07) is 9.17. The average Bonchev–Trinajstić information content (AvgIpc) is 3.13. The minimum absolute atomic E-state index is 0.0223. The number of phenols is 2. The number of primary amides is 1. The zero-order valence-electron chi connectivity index (χ0n) is 17.6. The van der Waals surface area contributed by atoms with Gasteiger partial charge in [-0.3, -0.25) is 9.36 Å². The third-order valence-corrected chi connectivity index (χ3v) is 4.67. The van der Waals surface area contributed by atoms with Crippen molar-refractivity contribution in [1.82, 2.24) is 19.7 Å². The van der Waals surface area contributed by atoms with Crippen molar-refractivity contribution in [3.05, 3.63) is 47.8 Å². The molecular weight excluding hydrogens is 400 g/mol. The van der Waals surface area contributed by atoms with Crippen molar-refractivity contribution in [1.29, 1.82) is 0 Å². The first-order valence-corrected chi connectivity index (χ1v) is 9.50. The van der Waals surface area contributed by atoms with Crippen molar-refractivity contribution in [3.8, 4) is 28.6 Å². The fourth-order valence-corrected chi connectivity index (χ4v) is 3.03. The van der Waals surface area contributed by atoms with Crippen molar-refractivity contribution in [2.24, 2.45) is 5.73 Å². The molecule has 0 saturated carbocycles. The van der Waals surface area contributed by atoms with Gasteiger partial charge in [0, 0.05) is 31.5 Å². The number of hydrogen-bond acceptors (Lipinski definition) is 6. The minimum Gasteiger partial charge on any atom is -0.508 e. The Kier molecular flexibility index (Phi) is 5.82. The van der Waals surface area contributed by atoms with E-state index in [-0.39, 0.29) is 40.7 Å². The highest BCUT2D eigenvalue weighted by molar-refractivity contribution is 5.91. The van der Waals surface area contributed by atoms with Crippen LogP contribution in [0.3, 0.4) is 0 Å². The smallest absolute Gasteiger partial charge is 0.321 e.